The molecule has 1 aliphatic heterocycles. The lowest BCUT2D eigenvalue weighted by Gasteiger charge is -2.30. The van der Waals surface area contributed by atoms with Gasteiger partial charge in [-0.3, -0.25) is 19.3 Å². The first-order valence-corrected chi connectivity index (χ1v) is 13.3. The van der Waals surface area contributed by atoms with Gasteiger partial charge >= 0.3 is 0 Å². The van der Waals surface area contributed by atoms with Crippen LogP contribution in [0.25, 0.3) is 22.3 Å². The van der Waals surface area contributed by atoms with Crippen molar-refractivity contribution in [3.8, 4) is 28.6 Å². The van der Waals surface area contributed by atoms with Crippen molar-refractivity contribution in [2.45, 2.75) is 19.3 Å². The van der Waals surface area contributed by atoms with Crippen molar-refractivity contribution >= 4 is 28.5 Å². The number of ether oxygens (including phenoxy) is 3. The zero-order valence-corrected chi connectivity index (χ0v) is 23.2. The zero-order chi connectivity index (χ0) is 28.8. The zero-order valence-electron chi connectivity index (χ0n) is 23.2. The van der Waals surface area contributed by atoms with Gasteiger partial charge in [-0.2, -0.15) is 0 Å². The van der Waals surface area contributed by atoms with Crippen LogP contribution in [0.4, 0.5) is 5.69 Å². The molecule has 3 aromatic carbocycles. The van der Waals surface area contributed by atoms with Crippen molar-refractivity contribution in [2.75, 3.05) is 26.2 Å². The van der Waals surface area contributed by atoms with Gasteiger partial charge < -0.3 is 18.6 Å². The van der Waals surface area contributed by atoms with E-state index in [0.717, 1.165) is 5.57 Å². The van der Waals surface area contributed by atoms with Crippen LogP contribution in [0.1, 0.15) is 24.8 Å². The van der Waals surface area contributed by atoms with Gasteiger partial charge in [-0.1, -0.05) is 29.8 Å². The Morgan fingerprint density at radius 1 is 0.829 bits per heavy atom. The predicted molar refractivity (Wildman–Crippen MR) is 155 cm³/mol. The van der Waals surface area contributed by atoms with Crippen LogP contribution in [-0.4, -0.2) is 33.1 Å². The Kier molecular flexibility index (Phi) is 6.61. The summed E-state index contributed by atoms with van der Waals surface area (Å²) in [5, 5.41) is 0.241. The Bertz CT molecular complexity index is 1750. The second-order valence-electron chi connectivity index (χ2n) is 10.3. The first kappa shape index (κ1) is 26.4. The van der Waals surface area contributed by atoms with Crippen molar-refractivity contribution < 1.29 is 28.2 Å². The smallest absolute Gasteiger partial charge is 0.238 e. The molecule has 1 aromatic heterocycles. The third-order valence-electron chi connectivity index (χ3n) is 8.00. The number of hydrogen-bond donors (Lipinski definition) is 0. The number of benzene rings is 3. The molecule has 208 valence electrons. The number of nitrogens with zero attached hydrogens (tertiary/aromatic N) is 1. The molecule has 8 heteroatoms. The summed E-state index contributed by atoms with van der Waals surface area (Å²) in [6.45, 7) is 1.95. The fraction of sp³-hybridized carbons (Fsp3) is 0.242. The molecule has 2 heterocycles. The van der Waals surface area contributed by atoms with Gasteiger partial charge in [0.15, 0.2) is 5.43 Å². The molecule has 1 saturated heterocycles. The average molecular weight is 552 g/mol. The van der Waals surface area contributed by atoms with Gasteiger partial charge in [-0.15, -0.1) is 0 Å². The Morgan fingerprint density at radius 3 is 2.20 bits per heavy atom. The minimum Gasteiger partial charge on any atom is -0.497 e. The Labute approximate surface area is 236 Å². The summed E-state index contributed by atoms with van der Waals surface area (Å²) < 4.78 is 23.2. The number of hydrogen-bond acceptors (Lipinski definition) is 7. The monoisotopic (exact) mass is 551 g/mol. The SMILES string of the molecule is COc1ccc(-c2cc(=O)c3c(OC)cc(OC)c([C@@H]4C=C(C)CC5C(=O)N(c6ccccc6)C(=O)C54)c3o2)cc1. The quantitative estimate of drug-likeness (QED) is 0.223. The molecule has 1 fully saturated rings. The highest BCUT2D eigenvalue weighted by molar-refractivity contribution is 6.22. The summed E-state index contributed by atoms with van der Waals surface area (Å²) in [5.74, 6) is -0.669. The van der Waals surface area contributed by atoms with Crippen LogP contribution in [0, 0.1) is 11.8 Å². The van der Waals surface area contributed by atoms with Crippen LogP contribution in [0.15, 0.2) is 87.6 Å². The molecular weight excluding hydrogens is 522 g/mol. The highest BCUT2D eigenvalue weighted by Crippen LogP contribution is 2.51. The molecule has 4 aromatic rings. The number of carbonyl (C=O) groups excluding carboxylic acids is 2. The molecule has 2 unspecified atom stereocenters. The van der Waals surface area contributed by atoms with E-state index in [1.165, 1.54) is 25.2 Å². The topological polar surface area (TPSA) is 95.3 Å². The lowest BCUT2D eigenvalue weighted by Crippen LogP contribution is -2.31. The van der Waals surface area contributed by atoms with Crippen LogP contribution >= 0.6 is 0 Å². The molecule has 41 heavy (non-hydrogen) atoms. The number of allylic oxidation sites excluding steroid dienone is 2. The number of amides is 2. The molecule has 1 aliphatic carbocycles. The maximum Gasteiger partial charge on any atom is 0.238 e. The van der Waals surface area contributed by atoms with E-state index in [2.05, 4.69) is 0 Å². The van der Waals surface area contributed by atoms with E-state index in [1.54, 1.807) is 61.7 Å². The number of anilines is 1. The van der Waals surface area contributed by atoms with Gasteiger partial charge in [0.05, 0.1) is 38.9 Å². The molecule has 6 rings (SSSR count). The molecule has 0 radical (unpaired) electrons. The summed E-state index contributed by atoms with van der Waals surface area (Å²) in [6, 6.07) is 19.2. The molecule has 2 amide bonds. The van der Waals surface area contributed by atoms with E-state index in [4.69, 9.17) is 18.6 Å². The van der Waals surface area contributed by atoms with Crippen molar-refractivity contribution in [2.24, 2.45) is 11.8 Å². The summed E-state index contributed by atoms with van der Waals surface area (Å²) in [7, 11) is 4.57. The predicted octanol–water partition coefficient (Wildman–Crippen LogP) is 5.73. The number of methoxy groups -OCH3 is 3. The van der Waals surface area contributed by atoms with Gasteiger partial charge in [-0.25, -0.2) is 0 Å². The van der Waals surface area contributed by atoms with Crippen LogP contribution in [-0.2, 0) is 9.59 Å². The molecule has 0 bridgehead atoms. The first-order valence-electron chi connectivity index (χ1n) is 13.3. The van der Waals surface area contributed by atoms with Crippen molar-refractivity contribution in [1.29, 1.82) is 0 Å². The minimum atomic E-state index is -0.702. The van der Waals surface area contributed by atoms with Crippen LogP contribution in [0.5, 0.6) is 17.2 Å². The van der Waals surface area contributed by atoms with E-state index in [-0.39, 0.29) is 28.2 Å². The second-order valence-corrected chi connectivity index (χ2v) is 10.3. The number of rotatable bonds is 6. The largest absolute Gasteiger partial charge is 0.497 e. The number of fused-ring (bicyclic) bond motifs is 2. The van der Waals surface area contributed by atoms with Gasteiger partial charge in [0.2, 0.25) is 11.8 Å². The fourth-order valence-corrected chi connectivity index (χ4v) is 6.13. The summed E-state index contributed by atoms with van der Waals surface area (Å²) in [4.78, 5) is 42.6. The molecule has 0 saturated carbocycles. The van der Waals surface area contributed by atoms with E-state index in [0.29, 0.717) is 46.2 Å². The van der Waals surface area contributed by atoms with Gasteiger partial charge in [0, 0.05) is 29.2 Å². The highest BCUT2D eigenvalue weighted by atomic mass is 16.5. The Hall–Kier alpha value is -4.85. The van der Waals surface area contributed by atoms with Gasteiger partial charge in [-0.05, 0) is 49.7 Å². The second kappa shape index (κ2) is 10.3. The normalized spacial score (nSPS) is 20.1. The van der Waals surface area contributed by atoms with Gasteiger partial charge in [0.1, 0.15) is 34.0 Å². The standard InChI is InChI=1S/C33H29NO7/c1-18-14-22(28-23(15-18)32(36)34(33(28)37)20-8-6-5-7-9-20)29-26(39-3)17-27(40-4)30-24(35)16-25(41-31(29)30)19-10-12-21(38-2)13-11-19/h5-14,16-17,22-23,28H,15H2,1-4H3/t22-,23?,28?/m1/s1. The first-order chi connectivity index (χ1) is 19.9. The van der Waals surface area contributed by atoms with Crippen LogP contribution < -0.4 is 24.5 Å². The molecule has 8 nitrogen and oxygen atoms in total. The average Bonchev–Trinajstić information content (AvgIpc) is 3.24. The summed E-state index contributed by atoms with van der Waals surface area (Å²) in [6.07, 6.45) is 2.46. The molecular formula is C33H29NO7. The number of imide groups is 1. The summed E-state index contributed by atoms with van der Waals surface area (Å²) >= 11 is 0. The van der Waals surface area contributed by atoms with Crippen molar-refractivity contribution in [3.63, 3.8) is 0 Å². The molecule has 0 N–H and O–H groups in total. The maximum absolute atomic E-state index is 14.0. The van der Waals surface area contributed by atoms with E-state index >= 15 is 0 Å². The third kappa shape index (κ3) is 4.27. The Morgan fingerprint density at radius 2 is 1.54 bits per heavy atom. The van der Waals surface area contributed by atoms with E-state index in [1.807, 2.05) is 19.1 Å². The minimum absolute atomic E-state index is 0.235. The van der Waals surface area contributed by atoms with Gasteiger partial charge in [0.25, 0.3) is 0 Å². The third-order valence-corrected chi connectivity index (χ3v) is 8.00. The highest BCUT2D eigenvalue weighted by Gasteiger charge is 2.53. The molecule has 3 atom stereocenters. The van der Waals surface area contributed by atoms with E-state index in [9.17, 15) is 14.4 Å². The lowest BCUT2D eigenvalue weighted by molar-refractivity contribution is -0.122. The van der Waals surface area contributed by atoms with Crippen LogP contribution in [0.3, 0.4) is 0 Å². The fourth-order valence-electron chi connectivity index (χ4n) is 6.13. The molecule has 2 aliphatic rings. The molecule has 0 spiro atoms. The number of carbonyl (C=O) groups is 2. The maximum atomic E-state index is 14.0. The van der Waals surface area contributed by atoms with Crippen LogP contribution in [0.2, 0.25) is 0 Å². The Balaban J connectivity index is 1.59. The van der Waals surface area contributed by atoms with Crippen molar-refractivity contribution in [3.05, 3.63) is 94.2 Å². The number of para-hydroxylation sites is 1. The van der Waals surface area contributed by atoms with Crippen molar-refractivity contribution in [1.82, 2.24) is 0 Å². The summed E-state index contributed by atoms with van der Waals surface area (Å²) in [5.41, 5.74) is 2.66. The van der Waals surface area contributed by atoms with E-state index < -0.39 is 17.8 Å². The lowest BCUT2D eigenvalue weighted by atomic mass is 9.71.